The van der Waals surface area contributed by atoms with Crippen LogP contribution in [0.4, 0.5) is 0 Å². The SMILES string of the molecule is CC(C)(CCCc1ccccc1)[N+](C)(C)C. The van der Waals surface area contributed by atoms with E-state index in [0.29, 0.717) is 5.54 Å². The molecule has 0 aliphatic carbocycles. The van der Waals surface area contributed by atoms with Gasteiger partial charge in [-0.3, -0.25) is 0 Å². The molecule has 16 heavy (non-hydrogen) atoms. The Bertz CT molecular complexity index is 306. The van der Waals surface area contributed by atoms with Crippen molar-refractivity contribution in [1.29, 1.82) is 0 Å². The van der Waals surface area contributed by atoms with Crippen molar-refractivity contribution in [1.82, 2.24) is 0 Å². The molecule has 0 bridgehead atoms. The maximum atomic E-state index is 2.36. The first kappa shape index (κ1) is 13.2. The summed E-state index contributed by atoms with van der Waals surface area (Å²) >= 11 is 0. The van der Waals surface area contributed by atoms with Gasteiger partial charge in [-0.2, -0.15) is 0 Å². The molecule has 0 fully saturated rings. The van der Waals surface area contributed by atoms with Gasteiger partial charge in [0.2, 0.25) is 0 Å². The number of nitrogens with zero attached hydrogens (tertiary/aromatic N) is 1. The van der Waals surface area contributed by atoms with Crippen LogP contribution < -0.4 is 0 Å². The van der Waals surface area contributed by atoms with E-state index in [2.05, 4.69) is 65.3 Å². The lowest BCUT2D eigenvalue weighted by Gasteiger charge is -2.41. The summed E-state index contributed by atoms with van der Waals surface area (Å²) in [6.07, 6.45) is 3.74. The van der Waals surface area contributed by atoms with Crippen molar-refractivity contribution in [3.8, 4) is 0 Å². The van der Waals surface area contributed by atoms with E-state index in [9.17, 15) is 0 Å². The molecular weight excluding hydrogens is 194 g/mol. The van der Waals surface area contributed by atoms with Crippen molar-refractivity contribution in [2.75, 3.05) is 21.1 Å². The minimum Gasteiger partial charge on any atom is -0.327 e. The maximum Gasteiger partial charge on any atom is 0.0929 e. The Morgan fingerprint density at radius 3 is 2.06 bits per heavy atom. The summed E-state index contributed by atoms with van der Waals surface area (Å²) in [4.78, 5) is 0. The van der Waals surface area contributed by atoms with Gasteiger partial charge in [0.25, 0.3) is 0 Å². The van der Waals surface area contributed by atoms with E-state index in [1.807, 2.05) is 0 Å². The largest absolute Gasteiger partial charge is 0.327 e. The Kier molecular flexibility index (Phi) is 4.15. The summed E-state index contributed by atoms with van der Waals surface area (Å²) in [6, 6.07) is 10.8. The smallest absolute Gasteiger partial charge is 0.0929 e. The Hall–Kier alpha value is -0.820. The summed E-state index contributed by atoms with van der Waals surface area (Å²) in [5, 5.41) is 0. The van der Waals surface area contributed by atoms with Crippen LogP contribution in [0, 0.1) is 0 Å². The highest BCUT2D eigenvalue weighted by atomic mass is 15.3. The van der Waals surface area contributed by atoms with Gasteiger partial charge in [0, 0.05) is 6.42 Å². The molecule has 0 saturated carbocycles. The predicted octanol–water partition coefficient (Wildman–Crippen LogP) is 3.49. The molecule has 1 aromatic rings. The van der Waals surface area contributed by atoms with Gasteiger partial charge in [0.05, 0.1) is 26.7 Å². The molecule has 0 atom stereocenters. The van der Waals surface area contributed by atoms with Gasteiger partial charge in [-0.25, -0.2) is 0 Å². The fraction of sp³-hybridized carbons (Fsp3) is 0.600. The molecule has 0 spiro atoms. The lowest BCUT2D eigenvalue weighted by atomic mass is 9.92. The van der Waals surface area contributed by atoms with Crippen LogP contribution >= 0.6 is 0 Å². The number of benzene rings is 1. The molecule has 0 amide bonds. The van der Waals surface area contributed by atoms with E-state index >= 15 is 0 Å². The second-order valence-electron chi connectivity index (χ2n) is 6.16. The molecule has 1 nitrogen and oxygen atoms in total. The molecule has 0 aliphatic rings. The predicted molar refractivity (Wildman–Crippen MR) is 71.5 cm³/mol. The minimum atomic E-state index is 0.356. The highest BCUT2D eigenvalue weighted by Gasteiger charge is 2.31. The summed E-state index contributed by atoms with van der Waals surface area (Å²) in [6.45, 7) is 4.72. The molecule has 1 aromatic carbocycles. The van der Waals surface area contributed by atoms with Crippen LogP contribution in [0.2, 0.25) is 0 Å². The first-order valence-electron chi connectivity index (χ1n) is 6.18. The number of rotatable bonds is 5. The summed E-state index contributed by atoms with van der Waals surface area (Å²) in [5.41, 5.74) is 1.81. The number of aryl methyl sites for hydroxylation is 1. The van der Waals surface area contributed by atoms with Crippen LogP contribution in [0.15, 0.2) is 30.3 Å². The topological polar surface area (TPSA) is 0 Å². The van der Waals surface area contributed by atoms with E-state index in [4.69, 9.17) is 0 Å². The summed E-state index contributed by atoms with van der Waals surface area (Å²) in [5.74, 6) is 0. The Morgan fingerprint density at radius 2 is 1.56 bits per heavy atom. The van der Waals surface area contributed by atoms with Gasteiger partial charge in [0.15, 0.2) is 0 Å². The van der Waals surface area contributed by atoms with Crippen LogP contribution in [0.25, 0.3) is 0 Å². The second-order valence-corrected chi connectivity index (χ2v) is 6.16. The zero-order chi connectivity index (χ0) is 12.2. The average molecular weight is 220 g/mol. The van der Waals surface area contributed by atoms with E-state index in [-0.39, 0.29) is 0 Å². The molecule has 0 aromatic heterocycles. The third kappa shape index (κ3) is 3.64. The first-order valence-corrected chi connectivity index (χ1v) is 6.18. The van der Waals surface area contributed by atoms with Gasteiger partial charge in [-0.1, -0.05) is 30.3 Å². The van der Waals surface area contributed by atoms with E-state index in [1.54, 1.807) is 0 Å². The van der Waals surface area contributed by atoms with Gasteiger partial charge in [-0.05, 0) is 32.3 Å². The third-order valence-electron chi connectivity index (χ3n) is 3.91. The zero-order valence-electron chi connectivity index (χ0n) is 11.5. The van der Waals surface area contributed by atoms with Crippen LogP contribution in [-0.2, 0) is 6.42 Å². The fourth-order valence-corrected chi connectivity index (χ4v) is 1.71. The highest BCUT2D eigenvalue weighted by Crippen LogP contribution is 2.24. The Balaban J connectivity index is 2.42. The van der Waals surface area contributed by atoms with Gasteiger partial charge in [-0.15, -0.1) is 0 Å². The second kappa shape index (κ2) is 5.01. The molecule has 0 unspecified atom stereocenters. The normalized spacial score (nSPS) is 12.8. The third-order valence-corrected chi connectivity index (χ3v) is 3.91. The van der Waals surface area contributed by atoms with Crippen molar-refractivity contribution in [2.24, 2.45) is 0 Å². The van der Waals surface area contributed by atoms with Gasteiger partial charge >= 0.3 is 0 Å². The average Bonchev–Trinajstić information content (AvgIpc) is 2.17. The summed E-state index contributed by atoms with van der Waals surface area (Å²) < 4.78 is 1.03. The van der Waals surface area contributed by atoms with Crippen molar-refractivity contribution in [3.63, 3.8) is 0 Å². The molecule has 1 heteroatoms. The van der Waals surface area contributed by atoms with Crippen molar-refractivity contribution >= 4 is 0 Å². The molecule has 0 aliphatic heterocycles. The maximum absolute atomic E-state index is 2.36. The van der Waals surface area contributed by atoms with Crippen LogP contribution in [0.5, 0.6) is 0 Å². The molecule has 0 N–H and O–H groups in total. The van der Waals surface area contributed by atoms with E-state index < -0.39 is 0 Å². The van der Waals surface area contributed by atoms with Crippen molar-refractivity contribution in [2.45, 2.75) is 38.6 Å². The van der Waals surface area contributed by atoms with Crippen LogP contribution in [0.3, 0.4) is 0 Å². The lowest BCUT2D eigenvalue weighted by molar-refractivity contribution is -0.920. The molecule has 0 heterocycles. The minimum absolute atomic E-state index is 0.356. The van der Waals surface area contributed by atoms with Gasteiger partial charge < -0.3 is 4.48 Å². The first-order chi connectivity index (χ1) is 7.33. The molecule has 0 radical (unpaired) electrons. The molecule has 1 rings (SSSR count). The number of hydrogen-bond donors (Lipinski definition) is 0. The monoisotopic (exact) mass is 220 g/mol. The molecule has 90 valence electrons. The molecule has 0 saturated heterocycles. The number of hydrogen-bond acceptors (Lipinski definition) is 0. The Labute approximate surface area is 101 Å². The van der Waals surface area contributed by atoms with Crippen LogP contribution in [-0.4, -0.2) is 31.2 Å². The van der Waals surface area contributed by atoms with Crippen molar-refractivity contribution in [3.05, 3.63) is 35.9 Å². The quantitative estimate of drug-likeness (QED) is 0.666. The fourth-order valence-electron chi connectivity index (χ4n) is 1.71. The van der Waals surface area contributed by atoms with Crippen LogP contribution in [0.1, 0.15) is 32.3 Å². The highest BCUT2D eigenvalue weighted by molar-refractivity contribution is 5.14. The Morgan fingerprint density at radius 1 is 1.00 bits per heavy atom. The van der Waals surface area contributed by atoms with Gasteiger partial charge in [0.1, 0.15) is 0 Å². The molecular formula is C15H26N+. The zero-order valence-corrected chi connectivity index (χ0v) is 11.5. The summed E-state index contributed by atoms with van der Waals surface area (Å²) in [7, 11) is 6.84. The van der Waals surface area contributed by atoms with E-state index in [1.165, 1.54) is 24.8 Å². The standard InChI is InChI=1S/C15H26N/c1-15(2,16(3,4)5)13-9-12-14-10-7-6-8-11-14/h6-8,10-11H,9,12-13H2,1-5H3/q+1. The van der Waals surface area contributed by atoms with E-state index in [0.717, 1.165) is 4.48 Å². The number of quaternary nitrogens is 1. The van der Waals surface area contributed by atoms with Crippen molar-refractivity contribution < 1.29 is 4.48 Å². The lowest BCUT2D eigenvalue weighted by Crippen LogP contribution is -2.52.